The Morgan fingerprint density at radius 3 is 2.24 bits per heavy atom. The number of carbonyl (C=O) groups is 3. The fraction of sp³-hybridized carbons (Fsp3) is 0.0625. The standard InChI is InChI=1S/C16H10F3N3O3/c17-10-6-5-9(11(18)12(10)19)14(23)20-8-3-1-7(2-4-8)13-15(24)22-16(25)21-13/h1-6,13H,(H,20,23)(H2,21,22,24,25). The van der Waals surface area contributed by atoms with Crippen molar-refractivity contribution in [1.29, 1.82) is 0 Å². The van der Waals surface area contributed by atoms with Gasteiger partial charge >= 0.3 is 6.03 Å². The van der Waals surface area contributed by atoms with E-state index >= 15 is 0 Å². The lowest BCUT2D eigenvalue weighted by Gasteiger charge is -2.10. The van der Waals surface area contributed by atoms with Crippen LogP contribution in [0.1, 0.15) is 22.0 Å². The van der Waals surface area contributed by atoms with Crippen LogP contribution in [0.2, 0.25) is 0 Å². The van der Waals surface area contributed by atoms with Crippen molar-refractivity contribution < 1.29 is 27.6 Å². The first-order valence-corrected chi connectivity index (χ1v) is 7.03. The Bertz CT molecular complexity index is 884. The number of nitrogens with one attached hydrogen (secondary N) is 3. The molecular formula is C16H10F3N3O3. The van der Waals surface area contributed by atoms with Crippen LogP contribution in [-0.4, -0.2) is 17.8 Å². The van der Waals surface area contributed by atoms with E-state index < -0.39 is 46.9 Å². The van der Waals surface area contributed by atoms with Crippen molar-refractivity contribution in [3.8, 4) is 0 Å². The second-order valence-electron chi connectivity index (χ2n) is 5.19. The molecule has 2 aromatic carbocycles. The molecule has 6 nitrogen and oxygen atoms in total. The maximum absolute atomic E-state index is 13.6. The van der Waals surface area contributed by atoms with Gasteiger partial charge in [0.2, 0.25) is 0 Å². The molecule has 0 saturated carbocycles. The number of imide groups is 1. The van der Waals surface area contributed by atoms with Crippen LogP contribution in [-0.2, 0) is 4.79 Å². The van der Waals surface area contributed by atoms with Crippen LogP contribution in [0.5, 0.6) is 0 Å². The molecular weight excluding hydrogens is 339 g/mol. The van der Waals surface area contributed by atoms with Crippen LogP contribution in [0.15, 0.2) is 36.4 Å². The zero-order valence-corrected chi connectivity index (χ0v) is 12.4. The highest BCUT2D eigenvalue weighted by atomic mass is 19.2. The molecule has 1 aliphatic heterocycles. The summed E-state index contributed by atoms with van der Waals surface area (Å²) in [5, 5.41) is 6.82. The second kappa shape index (κ2) is 6.27. The van der Waals surface area contributed by atoms with E-state index in [9.17, 15) is 27.6 Å². The highest BCUT2D eigenvalue weighted by Gasteiger charge is 2.30. The third-order valence-electron chi connectivity index (χ3n) is 3.56. The average molecular weight is 349 g/mol. The second-order valence-corrected chi connectivity index (χ2v) is 5.19. The van der Waals surface area contributed by atoms with Crippen LogP contribution < -0.4 is 16.0 Å². The number of amides is 4. The van der Waals surface area contributed by atoms with E-state index in [2.05, 4.69) is 16.0 Å². The molecule has 2 aromatic rings. The van der Waals surface area contributed by atoms with Crippen molar-refractivity contribution in [2.24, 2.45) is 0 Å². The summed E-state index contributed by atoms with van der Waals surface area (Å²) in [5.41, 5.74) is 0.0633. The summed E-state index contributed by atoms with van der Waals surface area (Å²) in [6.45, 7) is 0. The van der Waals surface area contributed by atoms with Gasteiger partial charge in [-0.25, -0.2) is 18.0 Å². The predicted molar refractivity (Wildman–Crippen MR) is 80.1 cm³/mol. The fourth-order valence-electron chi connectivity index (χ4n) is 2.31. The summed E-state index contributed by atoms with van der Waals surface area (Å²) in [6.07, 6.45) is 0. The van der Waals surface area contributed by atoms with Gasteiger partial charge in [-0.1, -0.05) is 12.1 Å². The molecule has 3 rings (SSSR count). The smallest absolute Gasteiger partial charge is 0.322 e. The molecule has 3 N–H and O–H groups in total. The Balaban J connectivity index is 1.76. The number of urea groups is 1. The van der Waals surface area contributed by atoms with E-state index in [-0.39, 0.29) is 5.69 Å². The fourth-order valence-corrected chi connectivity index (χ4v) is 2.31. The lowest BCUT2D eigenvalue weighted by molar-refractivity contribution is -0.120. The monoisotopic (exact) mass is 349 g/mol. The van der Waals surface area contributed by atoms with E-state index in [1.54, 1.807) is 0 Å². The van der Waals surface area contributed by atoms with Gasteiger partial charge in [-0.3, -0.25) is 14.9 Å². The zero-order chi connectivity index (χ0) is 18.1. The van der Waals surface area contributed by atoms with Gasteiger partial charge < -0.3 is 10.6 Å². The lowest BCUT2D eigenvalue weighted by atomic mass is 10.1. The maximum atomic E-state index is 13.6. The van der Waals surface area contributed by atoms with E-state index in [0.717, 1.165) is 6.07 Å². The van der Waals surface area contributed by atoms with Crippen LogP contribution in [0.25, 0.3) is 0 Å². The molecule has 1 fully saturated rings. The van der Waals surface area contributed by atoms with Crippen molar-refractivity contribution in [3.63, 3.8) is 0 Å². The first kappa shape index (κ1) is 16.5. The van der Waals surface area contributed by atoms with E-state index in [0.29, 0.717) is 11.6 Å². The molecule has 1 aliphatic rings. The van der Waals surface area contributed by atoms with Crippen molar-refractivity contribution in [1.82, 2.24) is 10.6 Å². The van der Waals surface area contributed by atoms with E-state index in [4.69, 9.17) is 0 Å². The highest BCUT2D eigenvalue weighted by molar-refractivity contribution is 6.05. The minimum atomic E-state index is -1.73. The number of hydrogen-bond donors (Lipinski definition) is 3. The highest BCUT2D eigenvalue weighted by Crippen LogP contribution is 2.21. The molecule has 0 aromatic heterocycles. The summed E-state index contributed by atoms with van der Waals surface area (Å²) in [6, 6.07) is 5.82. The molecule has 9 heteroatoms. The van der Waals surface area contributed by atoms with Crippen molar-refractivity contribution in [2.45, 2.75) is 6.04 Å². The molecule has 1 atom stereocenters. The minimum absolute atomic E-state index is 0.239. The third kappa shape index (κ3) is 3.16. The van der Waals surface area contributed by atoms with Crippen LogP contribution in [0.3, 0.4) is 0 Å². The number of halogens is 3. The summed E-state index contributed by atoms with van der Waals surface area (Å²) < 4.78 is 39.7. The molecule has 1 saturated heterocycles. The average Bonchev–Trinajstić information content (AvgIpc) is 2.92. The normalized spacial score (nSPS) is 16.4. The van der Waals surface area contributed by atoms with Gasteiger partial charge in [-0.2, -0.15) is 0 Å². The first-order valence-electron chi connectivity index (χ1n) is 7.03. The Kier molecular flexibility index (Phi) is 4.14. The van der Waals surface area contributed by atoms with Crippen LogP contribution in [0.4, 0.5) is 23.7 Å². The van der Waals surface area contributed by atoms with Crippen LogP contribution >= 0.6 is 0 Å². The third-order valence-corrected chi connectivity index (χ3v) is 3.56. The molecule has 0 aliphatic carbocycles. The van der Waals surface area contributed by atoms with E-state index in [1.807, 2.05) is 0 Å². The van der Waals surface area contributed by atoms with Crippen molar-refractivity contribution in [3.05, 3.63) is 65.0 Å². The largest absolute Gasteiger partial charge is 0.322 e. The SMILES string of the molecule is O=C1NC(=O)C(c2ccc(NC(=O)c3ccc(F)c(F)c3F)cc2)N1. The van der Waals surface area contributed by atoms with Crippen molar-refractivity contribution >= 4 is 23.5 Å². The number of hydrogen-bond acceptors (Lipinski definition) is 3. The Morgan fingerprint density at radius 2 is 1.64 bits per heavy atom. The Morgan fingerprint density at radius 1 is 0.960 bits per heavy atom. The number of carbonyl (C=O) groups excluding carboxylic acids is 3. The number of anilines is 1. The maximum Gasteiger partial charge on any atom is 0.322 e. The van der Waals surface area contributed by atoms with Gasteiger partial charge in [-0.05, 0) is 29.8 Å². The quantitative estimate of drug-likeness (QED) is 0.587. The molecule has 0 bridgehead atoms. The Hall–Kier alpha value is -3.36. The van der Waals surface area contributed by atoms with Gasteiger partial charge in [0.15, 0.2) is 17.5 Å². The molecule has 25 heavy (non-hydrogen) atoms. The molecule has 128 valence electrons. The summed E-state index contributed by atoms with van der Waals surface area (Å²) in [4.78, 5) is 34.6. The molecule has 4 amide bonds. The lowest BCUT2D eigenvalue weighted by Crippen LogP contribution is -2.22. The molecule has 0 radical (unpaired) electrons. The van der Waals surface area contributed by atoms with Crippen molar-refractivity contribution in [2.75, 3.05) is 5.32 Å². The van der Waals surface area contributed by atoms with Gasteiger partial charge in [0, 0.05) is 5.69 Å². The molecule has 1 heterocycles. The number of rotatable bonds is 3. The minimum Gasteiger partial charge on any atom is -0.322 e. The predicted octanol–water partition coefficient (Wildman–Crippen LogP) is 2.24. The van der Waals surface area contributed by atoms with E-state index in [1.165, 1.54) is 24.3 Å². The van der Waals surface area contributed by atoms with Gasteiger partial charge in [0.1, 0.15) is 6.04 Å². The van der Waals surface area contributed by atoms with Gasteiger partial charge in [-0.15, -0.1) is 0 Å². The van der Waals surface area contributed by atoms with Gasteiger partial charge in [0.05, 0.1) is 5.56 Å². The topological polar surface area (TPSA) is 87.3 Å². The summed E-state index contributed by atoms with van der Waals surface area (Å²) >= 11 is 0. The molecule has 1 unspecified atom stereocenters. The Labute approximate surface area is 139 Å². The summed E-state index contributed by atoms with van der Waals surface area (Å²) in [5.74, 6) is -6.18. The zero-order valence-electron chi connectivity index (χ0n) is 12.4. The molecule has 0 spiro atoms. The first-order chi connectivity index (χ1) is 11.9. The van der Waals surface area contributed by atoms with Crippen LogP contribution in [0, 0.1) is 17.5 Å². The summed E-state index contributed by atoms with van der Waals surface area (Å²) in [7, 11) is 0. The number of benzene rings is 2. The van der Waals surface area contributed by atoms with Gasteiger partial charge in [0.25, 0.3) is 11.8 Å².